The second-order valence-electron chi connectivity index (χ2n) is 3.90. The topological polar surface area (TPSA) is 71.4 Å². The molecule has 1 aromatic heterocycles. The van der Waals surface area contributed by atoms with Crippen LogP contribution in [0.2, 0.25) is 0 Å². The molecule has 0 unspecified atom stereocenters. The van der Waals surface area contributed by atoms with Crippen molar-refractivity contribution in [2.45, 2.75) is 33.2 Å². The fourth-order valence-electron chi connectivity index (χ4n) is 1.84. The molecule has 0 atom stereocenters. The van der Waals surface area contributed by atoms with Crippen LogP contribution in [0.4, 0.5) is 0 Å². The average molecular weight is 250 g/mol. The number of phenolic OH excluding ortho intramolecular Hbond substituents is 2. The summed E-state index contributed by atoms with van der Waals surface area (Å²) in [6, 6.07) is 5.09. The Balaban J connectivity index is 0.000000771. The smallest absolute Gasteiger partial charge is 0.159 e. The highest BCUT2D eigenvalue weighted by Gasteiger charge is 2.05. The summed E-state index contributed by atoms with van der Waals surface area (Å²) < 4.78 is 2.06. The number of hydrogen-bond donors (Lipinski definition) is 3. The van der Waals surface area contributed by atoms with Crippen molar-refractivity contribution >= 4 is 10.9 Å². The first kappa shape index (κ1) is 14.4. The van der Waals surface area contributed by atoms with Crippen molar-refractivity contribution in [1.29, 1.82) is 0 Å². The molecule has 0 saturated carbocycles. The summed E-state index contributed by atoms with van der Waals surface area (Å²) in [5, 5.41) is 19.7. The zero-order valence-electron chi connectivity index (χ0n) is 11.1. The van der Waals surface area contributed by atoms with Gasteiger partial charge in [-0.05, 0) is 31.5 Å². The van der Waals surface area contributed by atoms with Crippen molar-refractivity contribution in [2.75, 3.05) is 6.54 Å². The van der Waals surface area contributed by atoms with Gasteiger partial charge in [-0.15, -0.1) is 0 Å². The van der Waals surface area contributed by atoms with Crippen molar-refractivity contribution in [3.8, 4) is 11.5 Å². The van der Waals surface area contributed by atoms with Gasteiger partial charge in [0.1, 0.15) is 0 Å². The van der Waals surface area contributed by atoms with Crippen LogP contribution in [-0.4, -0.2) is 21.3 Å². The molecule has 0 radical (unpaired) electrons. The second-order valence-corrected chi connectivity index (χ2v) is 3.90. The van der Waals surface area contributed by atoms with Gasteiger partial charge in [-0.3, -0.25) is 0 Å². The highest BCUT2D eigenvalue weighted by Crippen LogP contribution is 2.30. The van der Waals surface area contributed by atoms with E-state index in [1.54, 1.807) is 12.1 Å². The van der Waals surface area contributed by atoms with Crippen molar-refractivity contribution < 1.29 is 10.2 Å². The Morgan fingerprint density at radius 1 is 1.11 bits per heavy atom. The highest BCUT2D eigenvalue weighted by atomic mass is 16.3. The summed E-state index contributed by atoms with van der Waals surface area (Å²) in [6.45, 7) is 5.58. The lowest BCUT2D eigenvalue weighted by molar-refractivity contribution is 0.404. The van der Waals surface area contributed by atoms with E-state index in [-0.39, 0.29) is 11.5 Å². The van der Waals surface area contributed by atoms with Gasteiger partial charge in [0.2, 0.25) is 0 Å². The molecule has 0 aliphatic rings. The van der Waals surface area contributed by atoms with Crippen molar-refractivity contribution in [3.05, 3.63) is 24.4 Å². The standard InChI is InChI=1S/C12H16N2O2.C2H6/c13-4-1-2-5-14-6-3-9-7-11(15)12(16)8-10(9)14;1-2/h3,6-8,15-16H,1-2,4-5,13H2;1-2H3. The van der Waals surface area contributed by atoms with Crippen molar-refractivity contribution in [3.63, 3.8) is 0 Å². The number of nitrogens with two attached hydrogens (primary N) is 1. The van der Waals surface area contributed by atoms with Crippen molar-refractivity contribution in [2.24, 2.45) is 5.73 Å². The molecular formula is C14H22N2O2. The van der Waals surface area contributed by atoms with Gasteiger partial charge < -0.3 is 20.5 Å². The molecule has 0 bridgehead atoms. The predicted octanol–water partition coefficient (Wildman–Crippen LogP) is 2.82. The summed E-state index contributed by atoms with van der Waals surface area (Å²) in [4.78, 5) is 0. The molecule has 0 spiro atoms. The van der Waals surface area contributed by atoms with Crippen LogP contribution in [0.1, 0.15) is 26.7 Å². The number of nitrogens with zero attached hydrogens (tertiary/aromatic N) is 1. The van der Waals surface area contributed by atoms with Gasteiger partial charge in [0, 0.05) is 24.2 Å². The maximum atomic E-state index is 9.45. The molecule has 0 fully saturated rings. The number of aryl methyl sites for hydroxylation is 1. The summed E-state index contributed by atoms with van der Waals surface area (Å²) in [5.41, 5.74) is 6.38. The number of phenols is 2. The summed E-state index contributed by atoms with van der Waals surface area (Å²) in [7, 11) is 0. The van der Waals surface area contributed by atoms with Crippen LogP contribution in [0.5, 0.6) is 11.5 Å². The van der Waals surface area contributed by atoms with Gasteiger partial charge in [0.25, 0.3) is 0 Å². The third-order valence-corrected chi connectivity index (χ3v) is 2.72. The van der Waals surface area contributed by atoms with Crippen LogP contribution in [-0.2, 0) is 6.54 Å². The summed E-state index contributed by atoms with van der Waals surface area (Å²) >= 11 is 0. The number of aromatic nitrogens is 1. The van der Waals surface area contributed by atoms with Gasteiger partial charge in [-0.1, -0.05) is 13.8 Å². The monoisotopic (exact) mass is 250 g/mol. The molecule has 100 valence electrons. The quantitative estimate of drug-likeness (QED) is 0.577. The Bertz CT molecular complexity index is 492. The molecule has 18 heavy (non-hydrogen) atoms. The molecule has 1 aromatic carbocycles. The lowest BCUT2D eigenvalue weighted by atomic mass is 10.2. The van der Waals surface area contributed by atoms with E-state index in [9.17, 15) is 10.2 Å². The van der Waals surface area contributed by atoms with E-state index in [2.05, 4.69) is 4.57 Å². The first-order valence-electron chi connectivity index (χ1n) is 6.43. The minimum Gasteiger partial charge on any atom is -0.504 e. The molecule has 4 N–H and O–H groups in total. The Morgan fingerprint density at radius 3 is 2.44 bits per heavy atom. The van der Waals surface area contributed by atoms with Gasteiger partial charge in [-0.25, -0.2) is 0 Å². The third-order valence-electron chi connectivity index (χ3n) is 2.72. The van der Waals surface area contributed by atoms with Gasteiger partial charge in [-0.2, -0.15) is 0 Å². The van der Waals surface area contributed by atoms with Gasteiger partial charge in [0.15, 0.2) is 11.5 Å². The van der Waals surface area contributed by atoms with Gasteiger partial charge in [0.05, 0.1) is 5.52 Å². The SMILES string of the molecule is CC.NCCCCn1ccc2cc(O)c(O)cc21. The molecular weight excluding hydrogens is 228 g/mol. The largest absolute Gasteiger partial charge is 0.504 e. The van der Waals surface area contributed by atoms with E-state index in [1.165, 1.54) is 0 Å². The number of aromatic hydroxyl groups is 2. The maximum absolute atomic E-state index is 9.45. The first-order valence-corrected chi connectivity index (χ1v) is 6.43. The lowest BCUT2D eigenvalue weighted by Gasteiger charge is -2.05. The molecule has 0 aliphatic heterocycles. The molecule has 0 amide bonds. The Hall–Kier alpha value is -1.68. The van der Waals surface area contributed by atoms with E-state index >= 15 is 0 Å². The van der Waals surface area contributed by atoms with Crippen LogP contribution in [0.3, 0.4) is 0 Å². The molecule has 4 nitrogen and oxygen atoms in total. The Kier molecular flexibility index (Phi) is 5.52. The number of unbranched alkanes of at least 4 members (excludes halogenated alkanes) is 1. The molecule has 0 saturated heterocycles. The van der Waals surface area contributed by atoms with Crippen LogP contribution < -0.4 is 5.73 Å². The fraction of sp³-hybridized carbons (Fsp3) is 0.429. The van der Waals surface area contributed by atoms with E-state index in [4.69, 9.17) is 5.73 Å². The van der Waals surface area contributed by atoms with E-state index in [1.807, 2.05) is 26.1 Å². The van der Waals surface area contributed by atoms with E-state index < -0.39 is 0 Å². The lowest BCUT2D eigenvalue weighted by Crippen LogP contribution is -2.02. The number of rotatable bonds is 4. The Morgan fingerprint density at radius 2 is 1.78 bits per heavy atom. The maximum Gasteiger partial charge on any atom is 0.159 e. The summed E-state index contributed by atoms with van der Waals surface area (Å²) in [6.07, 6.45) is 3.96. The molecule has 4 heteroatoms. The minimum atomic E-state index is -0.0775. The fourth-order valence-corrected chi connectivity index (χ4v) is 1.84. The summed E-state index contributed by atoms with van der Waals surface area (Å²) in [5.74, 6) is -0.154. The predicted molar refractivity (Wildman–Crippen MR) is 74.9 cm³/mol. The normalized spacial score (nSPS) is 10.2. The van der Waals surface area contributed by atoms with E-state index in [0.29, 0.717) is 6.54 Å². The minimum absolute atomic E-state index is 0.0767. The van der Waals surface area contributed by atoms with Crippen LogP contribution in [0.15, 0.2) is 24.4 Å². The Labute approximate surface area is 108 Å². The van der Waals surface area contributed by atoms with E-state index in [0.717, 1.165) is 30.3 Å². The highest BCUT2D eigenvalue weighted by molar-refractivity contribution is 5.83. The van der Waals surface area contributed by atoms with Crippen LogP contribution >= 0.6 is 0 Å². The molecule has 2 aromatic rings. The van der Waals surface area contributed by atoms with Crippen LogP contribution in [0, 0.1) is 0 Å². The molecule has 1 heterocycles. The number of hydrogen-bond acceptors (Lipinski definition) is 3. The zero-order chi connectivity index (χ0) is 13.5. The van der Waals surface area contributed by atoms with Gasteiger partial charge >= 0.3 is 0 Å². The molecule has 0 aliphatic carbocycles. The van der Waals surface area contributed by atoms with Crippen molar-refractivity contribution in [1.82, 2.24) is 4.57 Å². The third kappa shape index (κ3) is 3.17. The number of fused-ring (bicyclic) bond motifs is 1. The average Bonchev–Trinajstić information content (AvgIpc) is 2.76. The first-order chi connectivity index (χ1) is 8.72. The zero-order valence-corrected chi connectivity index (χ0v) is 11.1. The van der Waals surface area contributed by atoms with Crippen LogP contribution in [0.25, 0.3) is 10.9 Å². The number of benzene rings is 1. The molecule has 2 rings (SSSR count). The second kappa shape index (κ2) is 6.91.